The lowest BCUT2D eigenvalue weighted by atomic mass is 10.2. The van der Waals surface area contributed by atoms with Gasteiger partial charge in [-0.1, -0.05) is 24.9 Å². The van der Waals surface area contributed by atoms with E-state index < -0.39 is 0 Å². The van der Waals surface area contributed by atoms with Gasteiger partial charge < -0.3 is 14.8 Å². The van der Waals surface area contributed by atoms with Crippen molar-refractivity contribution in [2.45, 2.75) is 39.3 Å². The third kappa shape index (κ3) is 5.69. The number of anilines is 1. The van der Waals surface area contributed by atoms with Gasteiger partial charge >= 0.3 is 0 Å². The average molecular weight is 475 g/mol. The second-order valence-corrected chi connectivity index (χ2v) is 8.01. The number of methoxy groups -OCH3 is 2. The van der Waals surface area contributed by atoms with Crippen LogP contribution in [-0.4, -0.2) is 34.5 Å². The van der Waals surface area contributed by atoms with E-state index in [-0.39, 0.29) is 12.3 Å². The van der Waals surface area contributed by atoms with Crippen molar-refractivity contribution in [3.05, 3.63) is 52.3 Å². The van der Waals surface area contributed by atoms with E-state index in [0.29, 0.717) is 33.5 Å². The molecule has 9 heteroatoms. The summed E-state index contributed by atoms with van der Waals surface area (Å²) in [7, 11) is 3.12. The van der Waals surface area contributed by atoms with E-state index in [2.05, 4.69) is 12.2 Å². The van der Waals surface area contributed by atoms with E-state index in [4.69, 9.17) is 38.4 Å². The minimum Gasteiger partial charge on any atom is -0.497 e. The summed E-state index contributed by atoms with van der Waals surface area (Å²) in [6.07, 6.45) is 2.24. The predicted molar refractivity (Wildman–Crippen MR) is 129 cm³/mol. The number of ether oxygens (including phenoxy) is 2. The maximum Gasteiger partial charge on any atom is 0.226 e. The van der Waals surface area contributed by atoms with E-state index in [0.717, 1.165) is 30.8 Å². The van der Waals surface area contributed by atoms with Crippen LogP contribution in [-0.2, 0) is 17.9 Å². The molecule has 0 aliphatic rings. The molecule has 0 radical (unpaired) electrons. The monoisotopic (exact) mass is 474 g/mol. The molecule has 3 rings (SSSR count). The second-order valence-electron chi connectivity index (χ2n) is 7.21. The molecule has 0 aliphatic carbocycles. The van der Waals surface area contributed by atoms with Gasteiger partial charge in [0.15, 0.2) is 10.6 Å². The second kappa shape index (κ2) is 11.2. The molecule has 170 valence electrons. The standard InChI is InChI=1S/C23H27ClN4O3S/c1-4-5-13-27-22(16-6-8-17(24)9-7-16)26-28(23(27)32)14-12-21(29)25-19-11-10-18(30-2)15-20(19)31-3/h6-11,15H,4-5,12-14H2,1-3H3,(H,25,29). The van der Waals surface area contributed by atoms with Crippen LogP contribution in [0.15, 0.2) is 42.5 Å². The lowest BCUT2D eigenvalue weighted by Gasteiger charge is -2.11. The van der Waals surface area contributed by atoms with Gasteiger partial charge in [-0.3, -0.25) is 9.36 Å². The quantitative estimate of drug-likeness (QED) is 0.388. The topological polar surface area (TPSA) is 70.3 Å². The Kier molecular flexibility index (Phi) is 8.30. The number of rotatable bonds is 10. The third-order valence-corrected chi connectivity index (χ3v) is 5.68. The summed E-state index contributed by atoms with van der Waals surface area (Å²) >= 11 is 11.7. The molecule has 0 saturated heterocycles. The number of halogens is 1. The zero-order chi connectivity index (χ0) is 23.1. The number of carbonyl (C=O) groups is 1. The van der Waals surface area contributed by atoms with Crippen molar-refractivity contribution in [2.24, 2.45) is 0 Å². The zero-order valence-electron chi connectivity index (χ0n) is 18.4. The molecule has 0 fully saturated rings. The molecule has 1 aromatic heterocycles. The fourth-order valence-electron chi connectivity index (χ4n) is 3.24. The highest BCUT2D eigenvalue weighted by molar-refractivity contribution is 7.71. The molecule has 1 heterocycles. The van der Waals surface area contributed by atoms with Crippen LogP contribution in [0.2, 0.25) is 5.02 Å². The molecule has 1 N–H and O–H groups in total. The SMILES string of the molecule is CCCCn1c(-c2ccc(Cl)cc2)nn(CCC(=O)Nc2ccc(OC)cc2OC)c1=S. The first-order valence-corrected chi connectivity index (χ1v) is 11.2. The van der Waals surface area contributed by atoms with E-state index in [9.17, 15) is 4.79 Å². The van der Waals surface area contributed by atoms with Gasteiger partial charge in [0.1, 0.15) is 11.5 Å². The molecular formula is C23H27ClN4O3S. The summed E-state index contributed by atoms with van der Waals surface area (Å²) in [5, 5.41) is 8.25. The number of unbranched alkanes of at least 4 members (excludes halogenated alkanes) is 1. The molecule has 0 spiro atoms. The summed E-state index contributed by atoms with van der Waals surface area (Å²) in [4.78, 5) is 12.6. The highest BCUT2D eigenvalue weighted by Gasteiger charge is 2.15. The molecule has 1 amide bonds. The summed E-state index contributed by atoms with van der Waals surface area (Å²) in [5.41, 5.74) is 1.51. The molecule has 0 bridgehead atoms. The highest BCUT2D eigenvalue weighted by Crippen LogP contribution is 2.29. The van der Waals surface area contributed by atoms with E-state index in [1.165, 1.54) is 0 Å². The van der Waals surface area contributed by atoms with Crippen molar-refractivity contribution < 1.29 is 14.3 Å². The highest BCUT2D eigenvalue weighted by atomic mass is 35.5. The Morgan fingerprint density at radius 1 is 1.12 bits per heavy atom. The first-order valence-electron chi connectivity index (χ1n) is 10.4. The van der Waals surface area contributed by atoms with Crippen LogP contribution in [0.3, 0.4) is 0 Å². The Balaban J connectivity index is 1.76. The summed E-state index contributed by atoms with van der Waals surface area (Å²) in [6.45, 7) is 3.26. The summed E-state index contributed by atoms with van der Waals surface area (Å²) < 4.78 is 14.9. The van der Waals surface area contributed by atoms with Crippen molar-refractivity contribution in [1.29, 1.82) is 0 Å². The van der Waals surface area contributed by atoms with E-state index in [1.54, 1.807) is 37.1 Å². The van der Waals surface area contributed by atoms with Gasteiger partial charge in [-0.15, -0.1) is 0 Å². The number of amides is 1. The third-order valence-electron chi connectivity index (χ3n) is 4.99. The fraction of sp³-hybridized carbons (Fsp3) is 0.348. The van der Waals surface area contributed by atoms with Crippen LogP contribution >= 0.6 is 23.8 Å². The van der Waals surface area contributed by atoms with Gasteiger partial charge in [-0.2, -0.15) is 5.10 Å². The first kappa shape index (κ1) is 23.8. The largest absolute Gasteiger partial charge is 0.497 e. The van der Waals surface area contributed by atoms with Crippen LogP contribution in [0, 0.1) is 4.77 Å². The van der Waals surface area contributed by atoms with Crippen LogP contribution in [0.1, 0.15) is 26.2 Å². The number of hydrogen-bond donors (Lipinski definition) is 1. The number of hydrogen-bond acceptors (Lipinski definition) is 5. The smallest absolute Gasteiger partial charge is 0.226 e. The summed E-state index contributed by atoms with van der Waals surface area (Å²) in [6, 6.07) is 12.8. The average Bonchev–Trinajstić information content (AvgIpc) is 3.12. The minimum absolute atomic E-state index is 0.161. The van der Waals surface area contributed by atoms with Gasteiger partial charge in [0, 0.05) is 29.6 Å². The Bertz CT molecular complexity index is 1130. The molecule has 0 unspecified atom stereocenters. The predicted octanol–water partition coefficient (Wildman–Crippen LogP) is 5.58. The van der Waals surface area contributed by atoms with Gasteiger partial charge in [0.25, 0.3) is 0 Å². The normalized spacial score (nSPS) is 10.8. The lowest BCUT2D eigenvalue weighted by molar-refractivity contribution is -0.116. The zero-order valence-corrected chi connectivity index (χ0v) is 20.0. The Morgan fingerprint density at radius 3 is 2.53 bits per heavy atom. The molecular weight excluding hydrogens is 448 g/mol. The number of benzene rings is 2. The summed E-state index contributed by atoms with van der Waals surface area (Å²) in [5.74, 6) is 1.80. The van der Waals surface area contributed by atoms with Crippen molar-refractivity contribution in [2.75, 3.05) is 19.5 Å². The van der Waals surface area contributed by atoms with Crippen molar-refractivity contribution in [1.82, 2.24) is 14.3 Å². The molecule has 3 aromatic rings. The molecule has 0 aliphatic heterocycles. The van der Waals surface area contributed by atoms with Crippen molar-refractivity contribution in [3.8, 4) is 22.9 Å². The van der Waals surface area contributed by atoms with Gasteiger partial charge in [-0.05, 0) is 55.0 Å². The maximum atomic E-state index is 12.6. The number of aromatic nitrogens is 3. The Labute approximate surface area is 197 Å². The number of nitrogens with zero attached hydrogens (tertiary/aromatic N) is 3. The van der Waals surface area contributed by atoms with Crippen LogP contribution in [0.5, 0.6) is 11.5 Å². The first-order chi connectivity index (χ1) is 15.5. The Morgan fingerprint density at radius 2 is 1.88 bits per heavy atom. The minimum atomic E-state index is -0.161. The lowest BCUT2D eigenvalue weighted by Crippen LogP contribution is -2.16. The molecule has 2 aromatic carbocycles. The van der Waals surface area contributed by atoms with Gasteiger partial charge in [0.2, 0.25) is 5.91 Å². The maximum absolute atomic E-state index is 12.6. The van der Waals surface area contributed by atoms with Crippen LogP contribution in [0.4, 0.5) is 5.69 Å². The molecule has 32 heavy (non-hydrogen) atoms. The fourth-order valence-corrected chi connectivity index (χ4v) is 3.67. The van der Waals surface area contributed by atoms with E-state index in [1.807, 2.05) is 28.8 Å². The van der Waals surface area contributed by atoms with Crippen LogP contribution < -0.4 is 14.8 Å². The van der Waals surface area contributed by atoms with Gasteiger partial charge in [0.05, 0.1) is 26.5 Å². The number of carbonyl (C=O) groups excluding carboxylic acids is 1. The molecule has 7 nitrogen and oxygen atoms in total. The molecule has 0 saturated carbocycles. The number of aryl methyl sites for hydroxylation is 1. The van der Waals surface area contributed by atoms with Crippen molar-refractivity contribution in [3.63, 3.8) is 0 Å². The molecule has 0 atom stereocenters. The Hall–Kier alpha value is -2.84. The van der Waals surface area contributed by atoms with E-state index >= 15 is 0 Å². The van der Waals surface area contributed by atoms with Gasteiger partial charge in [-0.25, -0.2) is 4.68 Å². The van der Waals surface area contributed by atoms with Crippen LogP contribution in [0.25, 0.3) is 11.4 Å². The van der Waals surface area contributed by atoms with Crippen molar-refractivity contribution >= 4 is 35.4 Å². The number of nitrogens with one attached hydrogen (secondary N) is 1.